The smallest absolute Gasteiger partial charge is 0.331 e. The first kappa shape index (κ1) is 20.2. The Kier molecular flexibility index (Phi) is 6.66. The Morgan fingerprint density at radius 1 is 1.21 bits per heavy atom. The Morgan fingerprint density at radius 3 is 2.72 bits per heavy atom. The summed E-state index contributed by atoms with van der Waals surface area (Å²) in [6, 6.07) is 15.2. The maximum Gasteiger partial charge on any atom is 0.331 e. The zero-order valence-corrected chi connectivity index (χ0v) is 16.1. The summed E-state index contributed by atoms with van der Waals surface area (Å²) < 4.78 is 20.0. The number of amides is 1. The van der Waals surface area contributed by atoms with Crippen molar-refractivity contribution in [2.75, 3.05) is 18.1 Å². The van der Waals surface area contributed by atoms with Gasteiger partial charge >= 0.3 is 5.97 Å². The molecule has 3 aromatic rings. The number of nitrogens with zero attached hydrogens (tertiary/aromatic N) is 3. The highest BCUT2D eigenvalue weighted by molar-refractivity contribution is 7.19. The van der Waals surface area contributed by atoms with Crippen LogP contribution in [0.1, 0.15) is 11.4 Å². The van der Waals surface area contributed by atoms with E-state index in [4.69, 9.17) is 10.00 Å². The second-order valence-corrected chi connectivity index (χ2v) is 6.93. The molecular weight excluding hydrogens is 393 g/mol. The average molecular weight is 409 g/mol. The number of carbonyl (C=O) groups is 2. The van der Waals surface area contributed by atoms with E-state index < -0.39 is 24.3 Å². The van der Waals surface area contributed by atoms with E-state index in [1.165, 1.54) is 41.7 Å². The van der Waals surface area contributed by atoms with Crippen LogP contribution in [0.3, 0.4) is 0 Å². The number of hydrogen-bond donors (Lipinski definition) is 0. The summed E-state index contributed by atoms with van der Waals surface area (Å²) in [7, 11) is 0. The molecular formula is C21H16FN3O3S. The van der Waals surface area contributed by atoms with Crippen molar-refractivity contribution in [1.82, 2.24) is 4.98 Å². The zero-order chi connectivity index (χ0) is 20.6. The van der Waals surface area contributed by atoms with Gasteiger partial charge in [0.2, 0.25) is 0 Å². The van der Waals surface area contributed by atoms with Crippen LogP contribution < -0.4 is 4.90 Å². The van der Waals surface area contributed by atoms with Crippen LogP contribution in [0, 0.1) is 17.1 Å². The predicted molar refractivity (Wildman–Crippen MR) is 109 cm³/mol. The predicted octanol–water partition coefficient (Wildman–Crippen LogP) is 3.94. The highest BCUT2D eigenvalue weighted by Gasteiger charge is 2.19. The molecule has 29 heavy (non-hydrogen) atoms. The molecule has 146 valence electrons. The number of aromatic nitrogens is 1. The number of nitriles is 1. The number of thiazole rings is 1. The van der Waals surface area contributed by atoms with Gasteiger partial charge in [-0.3, -0.25) is 4.79 Å². The van der Waals surface area contributed by atoms with Crippen LogP contribution in [0.4, 0.5) is 10.1 Å². The third-order valence-corrected chi connectivity index (χ3v) is 4.90. The fraction of sp³-hybridized carbons (Fsp3) is 0.143. The third-order valence-electron chi connectivity index (χ3n) is 3.90. The summed E-state index contributed by atoms with van der Waals surface area (Å²) in [5.74, 6) is -1.93. The topological polar surface area (TPSA) is 83.3 Å². The van der Waals surface area contributed by atoms with E-state index in [0.29, 0.717) is 5.01 Å². The minimum absolute atomic E-state index is 0.00460. The zero-order valence-electron chi connectivity index (χ0n) is 15.2. The number of rotatable bonds is 7. The first-order valence-electron chi connectivity index (χ1n) is 8.71. The molecule has 1 amide bonds. The molecule has 1 aromatic heterocycles. The summed E-state index contributed by atoms with van der Waals surface area (Å²) in [5.41, 5.74) is 0.868. The van der Waals surface area contributed by atoms with Crippen molar-refractivity contribution in [1.29, 1.82) is 5.26 Å². The Balaban J connectivity index is 1.62. The van der Waals surface area contributed by atoms with Gasteiger partial charge in [0.1, 0.15) is 10.8 Å². The highest BCUT2D eigenvalue weighted by atomic mass is 32.1. The van der Waals surface area contributed by atoms with Gasteiger partial charge in [-0.25, -0.2) is 14.2 Å². The van der Waals surface area contributed by atoms with Gasteiger partial charge in [0, 0.05) is 12.6 Å². The molecule has 0 unspecified atom stereocenters. The fourth-order valence-electron chi connectivity index (χ4n) is 2.57. The van der Waals surface area contributed by atoms with E-state index >= 15 is 0 Å². The van der Waals surface area contributed by atoms with Gasteiger partial charge in [-0.2, -0.15) is 5.26 Å². The molecule has 0 saturated heterocycles. The number of carbonyl (C=O) groups excluding carboxylic acids is 2. The number of fused-ring (bicyclic) bond motifs is 1. The van der Waals surface area contributed by atoms with Crippen LogP contribution in [0.15, 0.2) is 54.6 Å². The number of benzene rings is 2. The summed E-state index contributed by atoms with van der Waals surface area (Å²) in [6.07, 6.45) is 2.72. The highest BCUT2D eigenvalue weighted by Crippen LogP contribution is 2.22. The summed E-state index contributed by atoms with van der Waals surface area (Å²) >= 11 is 1.42. The van der Waals surface area contributed by atoms with Gasteiger partial charge in [0.25, 0.3) is 5.91 Å². The van der Waals surface area contributed by atoms with Crippen LogP contribution in [0.2, 0.25) is 0 Å². The fourth-order valence-corrected chi connectivity index (χ4v) is 3.44. The molecule has 0 aliphatic rings. The van der Waals surface area contributed by atoms with E-state index in [9.17, 15) is 14.0 Å². The second-order valence-electron chi connectivity index (χ2n) is 5.87. The molecule has 8 heteroatoms. The van der Waals surface area contributed by atoms with Crippen molar-refractivity contribution >= 4 is 45.2 Å². The first-order valence-corrected chi connectivity index (χ1v) is 9.52. The normalized spacial score (nSPS) is 10.8. The van der Waals surface area contributed by atoms with Crippen LogP contribution in [-0.2, 0) is 14.3 Å². The van der Waals surface area contributed by atoms with E-state index in [0.717, 1.165) is 15.1 Å². The quantitative estimate of drug-likeness (QED) is 0.436. The van der Waals surface area contributed by atoms with Crippen molar-refractivity contribution in [2.45, 2.75) is 6.42 Å². The lowest BCUT2D eigenvalue weighted by Crippen LogP contribution is -2.36. The summed E-state index contributed by atoms with van der Waals surface area (Å²) in [6.45, 7) is -0.571. The number of ether oxygens (including phenoxy) is 1. The van der Waals surface area contributed by atoms with Crippen LogP contribution >= 0.6 is 11.3 Å². The SMILES string of the molecule is N#CCCN(C(=O)COC(=O)C=Cc1nc2ccccc2s1)c1ccccc1F. The largest absolute Gasteiger partial charge is 0.452 e. The molecule has 0 fully saturated rings. The Bertz CT molecular complexity index is 1070. The van der Waals surface area contributed by atoms with Crippen LogP contribution in [0.25, 0.3) is 16.3 Å². The number of halogens is 1. The minimum Gasteiger partial charge on any atom is -0.452 e. The Hall–Kier alpha value is -3.57. The lowest BCUT2D eigenvalue weighted by Gasteiger charge is -2.21. The molecule has 2 aromatic carbocycles. The molecule has 1 heterocycles. The number of para-hydroxylation sites is 2. The van der Waals surface area contributed by atoms with Gasteiger partial charge < -0.3 is 9.64 Å². The van der Waals surface area contributed by atoms with Crippen molar-refractivity contribution in [3.05, 3.63) is 65.4 Å². The van der Waals surface area contributed by atoms with E-state index in [-0.39, 0.29) is 18.7 Å². The first-order chi connectivity index (χ1) is 14.1. The van der Waals surface area contributed by atoms with E-state index in [1.54, 1.807) is 6.07 Å². The lowest BCUT2D eigenvalue weighted by molar-refractivity contribution is -0.142. The van der Waals surface area contributed by atoms with Crippen LogP contribution in [0.5, 0.6) is 0 Å². The maximum atomic E-state index is 14.0. The molecule has 0 radical (unpaired) electrons. The van der Waals surface area contributed by atoms with Gasteiger partial charge in [0.05, 0.1) is 28.4 Å². The molecule has 3 rings (SSSR count). The van der Waals surface area contributed by atoms with Crippen LogP contribution in [-0.4, -0.2) is 30.0 Å². The van der Waals surface area contributed by atoms with Gasteiger partial charge in [-0.1, -0.05) is 24.3 Å². The Labute approximate surface area is 170 Å². The molecule has 0 aliphatic heterocycles. The summed E-state index contributed by atoms with van der Waals surface area (Å²) in [5, 5.41) is 9.42. The van der Waals surface area contributed by atoms with Gasteiger partial charge in [-0.15, -0.1) is 11.3 Å². The lowest BCUT2D eigenvalue weighted by atomic mass is 10.2. The molecule has 0 bridgehead atoms. The molecule has 6 nitrogen and oxygen atoms in total. The number of anilines is 1. The molecule has 0 atom stereocenters. The molecule has 0 saturated carbocycles. The standard InChI is InChI=1S/C21H16FN3O3S/c22-15-6-1-3-8-17(15)25(13-5-12-23)20(26)14-28-21(27)11-10-19-24-16-7-2-4-9-18(16)29-19/h1-4,6-11H,5,13-14H2. The Morgan fingerprint density at radius 2 is 1.97 bits per heavy atom. The van der Waals surface area contributed by atoms with E-state index in [2.05, 4.69) is 4.98 Å². The monoisotopic (exact) mass is 409 g/mol. The van der Waals surface area contributed by atoms with Gasteiger partial charge in [0.15, 0.2) is 6.61 Å². The minimum atomic E-state index is -0.716. The van der Waals surface area contributed by atoms with E-state index in [1.807, 2.05) is 30.3 Å². The van der Waals surface area contributed by atoms with Crippen molar-refractivity contribution < 1.29 is 18.7 Å². The van der Waals surface area contributed by atoms with Crippen molar-refractivity contribution in [3.63, 3.8) is 0 Å². The van der Waals surface area contributed by atoms with Crippen molar-refractivity contribution in [2.24, 2.45) is 0 Å². The molecule has 0 spiro atoms. The second kappa shape index (κ2) is 9.57. The number of hydrogen-bond acceptors (Lipinski definition) is 6. The average Bonchev–Trinajstić information content (AvgIpc) is 3.15. The number of esters is 1. The molecule has 0 aliphatic carbocycles. The van der Waals surface area contributed by atoms with Crippen molar-refractivity contribution in [3.8, 4) is 6.07 Å². The summed E-state index contributed by atoms with van der Waals surface area (Å²) in [4.78, 5) is 29.9. The van der Waals surface area contributed by atoms with Gasteiger partial charge in [-0.05, 0) is 30.3 Å². The molecule has 0 N–H and O–H groups in total. The maximum absolute atomic E-state index is 14.0. The third kappa shape index (κ3) is 5.24.